The fourth-order valence-corrected chi connectivity index (χ4v) is 2.97. The Morgan fingerprint density at radius 1 is 1.09 bits per heavy atom. The minimum atomic E-state index is 0.651. The second-order valence-electron chi connectivity index (χ2n) is 5.94. The van der Waals surface area contributed by atoms with Crippen LogP contribution < -0.4 is 5.43 Å². The van der Waals surface area contributed by atoms with Gasteiger partial charge in [0.05, 0.1) is 5.70 Å². The Morgan fingerprint density at radius 2 is 1.82 bits per heavy atom. The molecule has 22 heavy (non-hydrogen) atoms. The maximum atomic E-state index is 4.75. The molecule has 118 valence electrons. The number of hydrazine groups is 1. The minimum Gasteiger partial charge on any atom is -0.354 e. The summed E-state index contributed by atoms with van der Waals surface area (Å²) < 4.78 is 0. The van der Waals surface area contributed by atoms with Crippen molar-refractivity contribution in [3.8, 4) is 0 Å². The van der Waals surface area contributed by atoms with Gasteiger partial charge in [0.25, 0.3) is 0 Å². The smallest absolute Gasteiger partial charge is 0.127 e. The number of amidine groups is 1. The van der Waals surface area contributed by atoms with Crippen molar-refractivity contribution in [3.63, 3.8) is 0 Å². The predicted molar refractivity (Wildman–Crippen MR) is 91.4 cm³/mol. The Balaban J connectivity index is 1.88. The molecule has 0 saturated carbocycles. The molecule has 2 aliphatic rings. The quantitative estimate of drug-likeness (QED) is 0.895. The van der Waals surface area contributed by atoms with Crippen molar-refractivity contribution in [2.75, 3.05) is 46.9 Å². The van der Waals surface area contributed by atoms with E-state index in [4.69, 9.17) is 4.99 Å². The van der Waals surface area contributed by atoms with Crippen LogP contribution in [0.2, 0.25) is 0 Å². The number of likely N-dealkylation sites (N-methyl/N-ethyl adjacent to an activating group) is 1. The zero-order valence-corrected chi connectivity index (χ0v) is 13.7. The highest BCUT2D eigenvalue weighted by Crippen LogP contribution is 2.24. The largest absolute Gasteiger partial charge is 0.354 e. The van der Waals surface area contributed by atoms with E-state index < -0.39 is 0 Å². The van der Waals surface area contributed by atoms with Gasteiger partial charge in [-0.15, -0.1) is 0 Å². The number of hydrogen-bond donors (Lipinski definition) is 1. The zero-order valence-electron chi connectivity index (χ0n) is 13.7. The third-order valence-electron chi connectivity index (χ3n) is 4.45. The minimum absolute atomic E-state index is 0.651. The molecule has 0 atom stereocenters. The Morgan fingerprint density at radius 3 is 2.50 bits per heavy atom. The van der Waals surface area contributed by atoms with Gasteiger partial charge in [-0.25, -0.2) is 10.4 Å². The van der Waals surface area contributed by atoms with Gasteiger partial charge in [0.1, 0.15) is 12.5 Å². The standard InChI is InChI=1S/C17H25N5/c1-14-6-4-5-7-15(14)16-12-17(19-13-22(16)18-2)21-10-8-20(3)9-11-21/h4-7,12,18H,8-11,13H2,1-3H3. The van der Waals surface area contributed by atoms with Crippen LogP contribution in [0.15, 0.2) is 35.3 Å². The van der Waals surface area contributed by atoms with E-state index in [1.54, 1.807) is 0 Å². The van der Waals surface area contributed by atoms with Crippen LogP contribution in [0.25, 0.3) is 5.70 Å². The van der Waals surface area contributed by atoms with Gasteiger partial charge in [0, 0.05) is 44.9 Å². The van der Waals surface area contributed by atoms with Gasteiger partial charge in [-0.2, -0.15) is 0 Å². The van der Waals surface area contributed by atoms with Crippen LogP contribution in [-0.4, -0.2) is 67.6 Å². The number of benzene rings is 1. The average molecular weight is 299 g/mol. The first kappa shape index (κ1) is 15.1. The molecule has 0 amide bonds. The molecule has 1 aromatic rings. The van der Waals surface area contributed by atoms with E-state index in [1.807, 2.05) is 7.05 Å². The van der Waals surface area contributed by atoms with Gasteiger partial charge < -0.3 is 9.80 Å². The van der Waals surface area contributed by atoms with Crippen molar-refractivity contribution < 1.29 is 0 Å². The van der Waals surface area contributed by atoms with Crippen LogP contribution in [-0.2, 0) is 0 Å². The summed E-state index contributed by atoms with van der Waals surface area (Å²) in [6.07, 6.45) is 2.22. The molecule has 0 unspecified atom stereocenters. The van der Waals surface area contributed by atoms with E-state index in [1.165, 1.54) is 16.8 Å². The van der Waals surface area contributed by atoms with Crippen molar-refractivity contribution in [3.05, 3.63) is 41.5 Å². The van der Waals surface area contributed by atoms with Gasteiger partial charge in [-0.1, -0.05) is 24.3 Å². The fraction of sp³-hybridized carbons (Fsp3) is 0.471. The number of nitrogens with zero attached hydrogens (tertiary/aromatic N) is 4. The number of aliphatic imine (C=N–C) groups is 1. The molecule has 0 spiro atoms. The summed E-state index contributed by atoms with van der Waals surface area (Å²) >= 11 is 0. The predicted octanol–water partition coefficient (Wildman–Crippen LogP) is 1.39. The van der Waals surface area contributed by atoms with E-state index in [-0.39, 0.29) is 0 Å². The lowest BCUT2D eigenvalue weighted by molar-refractivity contribution is 0.213. The maximum Gasteiger partial charge on any atom is 0.127 e. The molecule has 1 N–H and O–H groups in total. The maximum absolute atomic E-state index is 4.75. The number of aryl methyl sites for hydroxylation is 1. The molecule has 0 aromatic heterocycles. The summed E-state index contributed by atoms with van der Waals surface area (Å²) in [6, 6.07) is 8.52. The molecular weight excluding hydrogens is 274 g/mol. The lowest BCUT2D eigenvalue weighted by Crippen LogP contribution is -2.48. The summed E-state index contributed by atoms with van der Waals surface area (Å²) in [5, 5.41) is 2.10. The van der Waals surface area contributed by atoms with Crippen molar-refractivity contribution in [2.24, 2.45) is 4.99 Å². The average Bonchev–Trinajstić information content (AvgIpc) is 2.55. The summed E-state index contributed by atoms with van der Waals surface area (Å²) in [7, 11) is 4.12. The third kappa shape index (κ3) is 3.00. The first-order chi connectivity index (χ1) is 10.7. The molecule has 5 heteroatoms. The van der Waals surface area contributed by atoms with Crippen molar-refractivity contribution in [1.82, 2.24) is 20.2 Å². The Kier molecular flexibility index (Phi) is 4.45. The van der Waals surface area contributed by atoms with Crippen LogP contribution in [0.5, 0.6) is 0 Å². The van der Waals surface area contributed by atoms with Crippen LogP contribution in [0.4, 0.5) is 0 Å². The lowest BCUT2D eigenvalue weighted by Gasteiger charge is -2.37. The van der Waals surface area contributed by atoms with Gasteiger partial charge in [0.15, 0.2) is 0 Å². The molecular formula is C17H25N5. The van der Waals surface area contributed by atoms with Gasteiger partial charge >= 0.3 is 0 Å². The van der Waals surface area contributed by atoms with Gasteiger partial charge in [-0.05, 0) is 19.5 Å². The topological polar surface area (TPSA) is 34.1 Å². The Labute approximate surface area is 132 Å². The summed E-state index contributed by atoms with van der Waals surface area (Å²) in [5.41, 5.74) is 6.99. The van der Waals surface area contributed by atoms with Crippen LogP contribution in [0, 0.1) is 6.92 Å². The molecule has 1 saturated heterocycles. The normalized spacial score (nSPS) is 20.0. The van der Waals surface area contributed by atoms with E-state index in [9.17, 15) is 0 Å². The molecule has 3 rings (SSSR count). The van der Waals surface area contributed by atoms with Crippen LogP contribution in [0.3, 0.4) is 0 Å². The van der Waals surface area contributed by atoms with E-state index in [2.05, 4.69) is 64.5 Å². The van der Waals surface area contributed by atoms with Crippen molar-refractivity contribution >= 4 is 11.5 Å². The van der Waals surface area contributed by atoms with Gasteiger partial charge in [0.2, 0.25) is 0 Å². The Bertz CT molecular complexity index is 584. The summed E-state index contributed by atoms with van der Waals surface area (Å²) in [5.74, 6) is 1.11. The first-order valence-electron chi connectivity index (χ1n) is 7.89. The summed E-state index contributed by atoms with van der Waals surface area (Å²) in [6.45, 7) is 7.10. The molecule has 0 aliphatic carbocycles. The number of hydrogen-bond acceptors (Lipinski definition) is 5. The van der Waals surface area contributed by atoms with Crippen molar-refractivity contribution in [2.45, 2.75) is 6.92 Å². The number of piperazine rings is 1. The number of rotatable bonds is 2. The second-order valence-corrected chi connectivity index (χ2v) is 5.94. The fourth-order valence-electron chi connectivity index (χ4n) is 2.97. The molecule has 2 aliphatic heterocycles. The molecule has 1 aromatic carbocycles. The zero-order chi connectivity index (χ0) is 15.5. The number of nitrogens with one attached hydrogen (secondary N) is 1. The van der Waals surface area contributed by atoms with Crippen LogP contribution in [0.1, 0.15) is 11.1 Å². The molecule has 0 bridgehead atoms. The monoisotopic (exact) mass is 299 g/mol. The highest BCUT2D eigenvalue weighted by atomic mass is 15.5. The first-order valence-corrected chi connectivity index (χ1v) is 7.89. The lowest BCUT2D eigenvalue weighted by atomic mass is 10.0. The molecule has 2 heterocycles. The van der Waals surface area contributed by atoms with E-state index in [0.717, 1.165) is 32.0 Å². The van der Waals surface area contributed by atoms with E-state index in [0.29, 0.717) is 6.67 Å². The van der Waals surface area contributed by atoms with Crippen LogP contribution >= 0.6 is 0 Å². The van der Waals surface area contributed by atoms with E-state index >= 15 is 0 Å². The Hall–Kier alpha value is -1.85. The molecule has 5 nitrogen and oxygen atoms in total. The van der Waals surface area contributed by atoms with Gasteiger partial charge in [-0.3, -0.25) is 5.01 Å². The molecule has 1 fully saturated rings. The molecule has 0 radical (unpaired) electrons. The highest BCUT2D eigenvalue weighted by Gasteiger charge is 2.22. The third-order valence-corrected chi connectivity index (χ3v) is 4.45. The highest BCUT2D eigenvalue weighted by molar-refractivity contribution is 6.00. The second kappa shape index (κ2) is 6.50. The van der Waals surface area contributed by atoms with Crippen molar-refractivity contribution in [1.29, 1.82) is 0 Å². The SMILES string of the molecule is CNN1CN=C(N2CCN(C)CC2)C=C1c1ccccc1C. The summed E-state index contributed by atoms with van der Waals surface area (Å²) in [4.78, 5) is 9.51.